The van der Waals surface area contributed by atoms with Crippen LogP contribution in [0.15, 0.2) is 42.6 Å². The second-order valence-corrected chi connectivity index (χ2v) is 8.33. The van der Waals surface area contributed by atoms with Crippen molar-refractivity contribution in [1.82, 2.24) is 14.4 Å². The van der Waals surface area contributed by atoms with Gasteiger partial charge in [0, 0.05) is 31.5 Å². The van der Waals surface area contributed by atoms with Gasteiger partial charge >= 0.3 is 0 Å². The minimum absolute atomic E-state index is 0.0285. The molecule has 0 N–H and O–H groups in total. The molecule has 1 aromatic carbocycles. The van der Waals surface area contributed by atoms with E-state index >= 15 is 0 Å². The molecule has 156 valence electrons. The van der Waals surface area contributed by atoms with Gasteiger partial charge < -0.3 is 14.4 Å². The molecule has 1 aromatic heterocycles. The van der Waals surface area contributed by atoms with Crippen molar-refractivity contribution >= 4 is 11.8 Å². The zero-order valence-corrected chi connectivity index (χ0v) is 17.5. The van der Waals surface area contributed by atoms with Crippen molar-refractivity contribution in [1.29, 1.82) is 0 Å². The van der Waals surface area contributed by atoms with Crippen LogP contribution in [0.4, 0.5) is 4.39 Å². The molecule has 0 unspecified atom stereocenters. The molecule has 2 amide bonds. The Kier molecular flexibility index (Phi) is 6.72. The molecule has 3 rings (SSSR count). The van der Waals surface area contributed by atoms with Crippen molar-refractivity contribution in [3.63, 3.8) is 0 Å². The van der Waals surface area contributed by atoms with E-state index in [-0.39, 0.29) is 36.6 Å². The Morgan fingerprint density at radius 1 is 1.14 bits per heavy atom. The maximum absolute atomic E-state index is 13.1. The van der Waals surface area contributed by atoms with E-state index in [0.717, 1.165) is 24.1 Å². The molecule has 1 aliphatic rings. The fraction of sp³-hybridized carbons (Fsp3) is 0.478. The molecule has 1 fully saturated rings. The summed E-state index contributed by atoms with van der Waals surface area (Å²) in [5.41, 5.74) is 1.83. The first-order valence-electron chi connectivity index (χ1n) is 10.3. The lowest BCUT2D eigenvalue weighted by Crippen LogP contribution is -2.45. The molecule has 1 heterocycles. The van der Waals surface area contributed by atoms with Crippen molar-refractivity contribution in [2.24, 2.45) is 13.0 Å². The first-order chi connectivity index (χ1) is 13.8. The summed E-state index contributed by atoms with van der Waals surface area (Å²) in [5.74, 6) is -0.0842. The molecule has 0 aliphatic heterocycles. The van der Waals surface area contributed by atoms with Gasteiger partial charge in [-0.2, -0.15) is 0 Å². The van der Waals surface area contributed by atoms with Crippen LogP contribution in [0.2, 0.25) is 0 Å². The number of rotatable bonds is 9. The Balaban J connectivity index is 1.68. The standard InChI is InChI=1S/C23H30FN3O2/c1-17(2)14-26(15-21-5-4-12-25(21)3)23(29)16-27(20-10-11-20)22(28)13-18-6-8-19(24)9-7-18/h4-9,12,17,20H,10-11,13-16H2,1-3H3. The lowest BCUT2D eigenvalue weighted by Gasteiger charge is -2.29. The molecular formula is C23H30FN3O2. The number of halogens is 1. The van der Waals surface area contributed by atoms with Gasteiger partial charge in [-0.1, -0.05) is 26.0 Å². The molecule has 0 bridgehead atoms. The quantitative estimate of drug-likeness (QED) is 0.649. The van der Waals surface area contributed by atoms with E-state index in [2.05, 4.69) is 13.8 Å². The highest BCUT2D eigenvalue weighted by atomic mass is 19.1. The van der Waals surface area contributed by atoms with Crippen molar-refractivity contribution < 1.29 is 14.0 Å². The summed E-state index contributed by atoms with van der Waals surface area (Å²) in [6, 6.07) is 10.1. The molecule has 5 nitrogen and oxygen atoms in total. The van der Waals surface area contributed by atoms with E-state index in [1.807, 2.05) is 34.8 Å². The largest absolute Gasteiger partial charge is 0.353 e. The Bertz CT molecular complexity index is 840. The number of hydrogen-bond acceptors (Lipinski definition) is 2. The molecule has 0 saturated heterocycles. The Morgan fingerprint density at radius 2 is 1.83 bits per heavy atom. The first-order valence-corrected chi connectivity index (χ1v) is 10.3. The van der Waals surface area contributed by atoms with Gasteiger partial charge in [0.2, 0.25) is 11.8 Å². The van der Waals surface area contributed by atoms with Gasteiger partial charge in [0.25, 0.3) is 0 Å². The summed E-state index contributed by atoms with van der Waals surface area (Å²) in [7, 11) is 1.97. The minimum atomic E-state index is -0.319. The molecular weight excluding hydrogens is 369 g/mol. The zero-order valence-electron chi connectivity index (χ0n) is 17.5. The second-order valence-electron chi connectivity index (χ2n) is 8.33. The third kappa shape index (κ3) is 5.92. The molecule has 1 saturated carbocycles. The predicted octanol–water partition coefficient (Wildman–Crippen LogP) is 3.38. The lowest BCUT2D eigenvalue weighted by atomic mass is 10.1. The molecule has 2 aromatic rings. The van der Waals surface area contributed by atoms with Crippen LogP contribution in [0, 0.1) is 11.7 Å². The number of benzene rings is 1. The monoisotopic (exact) mass is 399 g/mol. The number of hydrogen-bond donors (Lipinski definition) is 0. The summed E-state index contributed by atoms with van der Waals surface area (Å²) in [4.78, 5) is 29.6. The molecule has 0 radical (unpaired) electrons. The Labute approximate surface area is 172 Å². The van der Waals surface area contributed by atoms with Crippen molar-refractivity contribution in [2.45, 2.75) is 45.7 Å². The van der Waals surface area contributed by atoms with E-state index < -0.39 is 0 Å². The smallest absolute Gasteiger partial charge is 0.242 e. The lowest BCUT2D eigenvalue weighted by molar-refractivity contribution is -0.141. The summed E-state index contributed by atoms with van der Waals surface area (Å²) in [5, 5.41) is 0. The predicted molar refractivity (Wildman–Crippen MR) is 111 cm³/mol. The Morgan fingerprint density at radius 3 is 2.38 bits per heavy atom. The van der Waals surface area contributed by atoms with E-state index in [4.69, 9.17) is 0 Å². The van der Waals surface area contributed by atoms with Crippen LogP contribution in [-0.4, -0.2) is 45.3 Å². The van der Waals surface area contributed by atoms with Crippen LogP contribution >= 0.6 is 0 Å². The van der Waals surface area contributed by atoms with Gasteiger partial charge in [-0.05, 0) is 48.6 Å². The van der Waals surface area contributed by atoms with Gasteiger partial charge in [0.15, 0.2) is 0 Å². The second kappa shape index (κ2) is 9.25. The molecule has 0 atom stereocenters. The number of aryl methyl sites for hydroxylation is 1. The summed E-state index contributed by atoms with van der Waals surface area (Å²) in [6.45, 7) is 5.45. The first kappa shape index (κ1) is 21.1. The number of aromatic nitrogens is 1. The average Bonchev–Trinajstić information content (AvgIpc) is 3.43. The van der Waals surface area contributed by atoms with Crippen LogP contribution in [0.3, 0.4) is 0 Å². The minimum Gasteiger partial charge on any atom is -0.353 e. The van der Waals surface area contributed by atoms with Gasteiger partial charge in [-0.15, -0.1) is 0 Å². The average molecular weight is 400 g/mol. The van der Waals surface area contributed by atoms with Crippen LogP contribution < -0.4 is 0 Å². The molecule has 0 spiro atoms. The van der Waals surface area contributed by atoms with Crippen molar-refractivity contribution in [2.75, 3.05) is 13.1 Å². The van der Waals surface area contributed by atoms with E-state index in [9.17, 15) is 14.0 Å². The van der Waals surface area contributed by atoms with Gasteiger partial charge in [0.05, 0.1) is 13.0 Å². The fourth-order valence-corrected chi connectivity index (χ4v) is 3.48. The summed E-state index contributed by atoms with van der Waals surface area (Å²) >= 11 is 0. The van der Waals surface area contributed by atoms with E-state index in [1.54, 1.807) is 17.0 Å². The van der Waals surface area contributed by atoms with Crippen LogP contribution in [0.25, 0.3) is 0 Å². The van der Waals surface area contributed by atoms with Crippen LogP contribution in [-0.2, 0) is 29.6 Å². The van der Waals surface area contributed by atoms with E-state index in [0.29, 0.717) is 19.0 Å². The SMILES string of the molecule is CC(C)CN(Cc1cccn1C)C(=O)CN(C(=O)Cc1ccc(F)cc1)C1CC1. The number of amides is 2. The number of carbonyl (C=O) groups is 2. The van der Waals surface area contributed by atoms with Crippen LogP contribution in [0.5, 0.6) is 0 Å². The highest BCUT2D eigenvalue weighted by Crippen LogP contribution is 2.27. The van der Waals surface area contributed by atoms with Crippen molar-refractivity contribution in [3.05, 3.63) is 59.7 Å². The van der Waals surface area contributed by atoms with Gasteiger partial charge in [-0.25, -0.2) is 4.39 Å². The maximum Gasteiger partial charge on any atom is 0.242 e. The normalized spacial score (nSPS) is 13.6. The molecule has 1 aliphatic carbocycles. The third-order valence-corrected chi connectivity index (χ3v) is 5.22. The highest BCUT2D eigenvalue weighted by molar-refractivity contribution is 5.86. The summed E-state index contributed by atoms with van der Waals surface area (Å²) < 4.78 is 15.1. The van der Waals surface area contributed by atoms with Gasteiger partial charge in [-0.3, -0.25) is 9.59 Å². The third-order valence-electron chi connectivity index (χ3n) is 5.22. The number of carbonyl (C=O) groups excluding carboxylic acids is 2. The molecule has 6 heteroatoms. The van der Waals surface area contributed by atoms with E-state index in [1.165, 1.54) is 12.1 Å². The number of nitrogens with zero attached hydrogens (tertiary/aromatic N) is 3. The summed E-state index contributed by atoms with van der Waals surface area (Å²) in [6.07, 6.45) is 4.02. The zero-order chi connectivity index (χ0) is 21.0. The fourth-order valence-electron chi connectivity index (χ4n) is 3.48. The topological polar surface area (TPSA) is 45.6 Å². The maximum atomic E-state index is 13.1. The van der Waals surface area contributed by atoms with Gasteiger partial charge in [0.1, 0.15) is 12.4 Å². The van der Waals surface area contributed by atoms with Crippen molar-refractivity contribution in [3.8, 4) is 0 Å². The Hall–Kier alpha value is -2.63. The van der Waals surface area contributed by atoms with Crippen LogP contribution in [0.1, 0.15) is 37.9 Å². The highest BCUT2D eigenvalue weighted by Gasteiger charge is 2.34. The molecule has 29 heavy (non-hydrogen) atoms.